The summed E-state index contributed by atoms with van der Waals surface area (Å²) in [4.78, 5) is 21.9. The fourth-order valence-electron chi connectivity index (χ4n) is 3.97. The summed E-state index contributed by atoms with van der Waals surface area (Å²) in [7, 11) is 1.60. The maximum atomic E-state index is 13.1. The number of carbonyl (C=O) groups is 1. The second-order valence-corrected chi connectivity index (χ2v) is 7.32. The Labute approximate surface area is 159 Å². The minimum Gasteiger partial charge on any atom is -0.374 e. The highest BCUT2D eigenvalue weighted by Crippen LogP contribution is 2.32. The Morgan fingerprint density at radius 2 is 2.26 bits per heavy atom. The molecule has 3 heterocycles. The standard InChI is InChI=1S/C20H26N4O3/c1-14(26-2)20-21-18(27-22-20)9-10-19(25)24-13-16-7-5-11-23(16)12-15-6-3-4-8-17(15)24/h3-4,6,8,14,16H,5,7,9-13H2,1-2H3. The number of fused-ring (bicyclic) bond motifs is 2. The number of nitrogens with zero attached hydrogens (tertiary/aromatic N) is 4. The largest absolute Gasteiger partial charge is 0.374 e. The van der Waals surface area contributed by atoms with E-state index in [1.807, 2.05) is 17.9 Å². The number of hydrogen-bond acceptors (Lipinski definition) is 6. The topological polar surface area (TPSA) is 71.7 Å². The number of aryl methyl sites for hydroxylation is 1. The normalized spacial score (nSPS) is 20.8. The first-order valence-corrected chi connectivity index (χ1v) is 9.63. The summed E-state index contributed by atoms with van der Waals surface area (Å²) in [5.74, 6) is 1.10. The van der Waals surface area contributed by atoms with Gasteiger partial charge in [0, 0.05) is 44.8 Å². The van der Waals surface area contributed by atoms with Crippen molar-refractivity contribution in [3.05, 3.63) is 41.5 Å². The highest BCUT2D eigenvalue weighted by atomic mass is 16.5. The fraction of sp³-hybridized carbons (Fsp3) is 0.550. The molecular weight excluding hydrogens is 344 g/mol. The maximum Gasteiger partial charge on any atom is 0.227 e. The molecule has 1 fully saturated rings. The lowest BCUT2D eigenvalue weighted by molar-refractivity contribution is -0.118. The van der Waals surface area contributed by atoms with Crippen molar-refractivity contribution in [3.8, 4) is 0 Å². The average Bonchev–Trinajstić information content (AvgIpc) is 3.31. The number of aromatic nitrogens is 2. The van der Waals surface area contributed by atoms with Crippen molar-refractivity contribution in [2.45, 2.75) is 51.3 Å². The SMILES string of the molecule is COC(C)c1noc(CCC(=O)N2CC3CCCN3Cc3ccccc32)n1. The van der Waals surface area contributed by atoms with Gasteiger partial charge in [-0.25, -0.2) is 0 Å². The fourth-order valence-corrected chi connectivity index (χ4v) is 3.97. The van der Waals surface area contributed by atoms with Crippen molar-refractivity contribution in [2.75, 3.05) is 25.1 Å². The third-order valence-electron chi connectivity index (χ3n) is 5.60. The summed E-state index contributed by atoms with van der Waals surface area (Å²) < 4.78 is 10.5. The van der Waals surface area contributed by atoms with Crippen LogP contribution in [-0.2, 0) is 22.5 Å². The van der Waals surface area contributed by atoms with Crippen LogP contribution >= 0.6 is 0 Å². The first-order chi connectivity index (χ1) is 13.2. The van der Waals surface area contributed by atoms with Crippen LogP contribution in [0.4, 0.5) is 5.69 Å². The third-order valence-corrected chi connectivity index (χ3v) is 5.60. The Morgan fingerprint density at radius 1 is 1.41 bits per heavy atom. The average molecular weight is 370 g/mol. The van der Waals surface area contributed by atoms with Crippen LogP contribution in [0.25, 0.3) is 0 Å². The van der Waals surface area contributed by atoms with Crippen LogP contribution in [-0.4, -0.2) is 47.2 Å². The molecule has 0 radical (unpaired) electrons. The maximum absolute atomic E-state index is 13.1. The van der Waals surface area contributed by atoms with Gasteiger partial charge < -0.3 is 14.2 Å². The molecule has 1 aromatic heterocycles. The van der Waals surface area contributed by atoms with Crippen LogP contribution in [0.5, 0.6) is 0 Å². The van der Waals surface area contributed by atoms with E-state index < -0.39 is 0 Å². The van der Waals surface area contributed by atoms with Crippen LogP contribution in [0.2, 0.25) is 0 Å². The van der Waals surface area contributed by atoms with Gasteiger partial charge in [-0.2, -0.15) is 4.98 Å². The van der Waals surface area contributed by atoms with E-state index in [1.165, 1.54) is 12.0 Å². The Morgan fingerprint density at radius 3 is 3.11 bits per heavy atom. The molecule has 0 aliphatic carbocycles. The molecule has 0 N–H and O–H groups in total. The lowest BCUT2D eigenvalue weighted by Gasteiger charge is -2.26. The van der Waals surface area contributed by atoms with Crippen LogP contribution < -0.4 is 4.90 Å². The van der Waals surface area contributed by atoms with Gasteiger partial charge in [-0.15, -0.1) is 0 Å². The van der Waals surface area contributed by atoms with Gasteiger partial charge in [-0.05, 0) is 37.9 Å². The van der Waals surface area contributed by atoms with Gasteiger partial charge in [0.2, 0.25) is 11.8 Å². The van der Waals surface area contributed by atoms with E-state index in [0.717, 1.165) is 31.7 Å². The number of ether oxygens (including phenoxy) is 1. The molecule has 2 aliphatic heterocycles. The molecule has 1 aromatic carbocycles. The predicted molar refractivity (Wildman–Crippen MR) is 100 cm³/mol. The smallest absolute Gasteiger partial charge is 0.227 e. The highest BCUT2D eigenvalue weighted by molar-refractivity contribution is 5.94. The number of methoxy groups -OCH3 is 1. The number of anilines is 1. The van der Waals surface area contributed by atoms with E-state index in [9.17, 15) is 4.79 Å². The van der Waals surface area contributed by atoms with Gasteiger partial charge in [0.05, 0.1) is 0 Å². The van der Waals surface area contributed by atoms with E-state index in [0.29, 0.717) is 30.6 Å². The summed E-state index contributed by atoms with van der Waals surface area (Å²) in [5, 5.41) is 3.93. The molecule has 4 rings (SSSR count). The van der Waals surface area contributed by atoms with E-state index in [4.69, 9.17) is 9.26 Å². The van der Waals surface area contributed by atoms with E-state index in [2.05, 4.69) is 33.2 Å². The lowest BCUT2D eigenvalue weighted by Crippen LogP contribution is -2.40. The second kappa shape index (κ2) is 7.78. The molecule has 1 saturated heterocycles. The predicted octanol–water partition coefficient (Wildman–Crippen LogP) is 2.72. The molecule has 2 unspecified atom stereocenters. The van der Waals surface area contributed by atoms with Gasteiger partial charge in [0.15, 0.2) is 5.82 Å². The molecule has 2 aromatic rings. The Bertz CT molecular complexity index is 806. The summed E-state index contributed by atoms with van der Waals surface area (Å²) in [6.45, 7) is 4.66. The van der Waals surface area contributed by atoms with Crippen molar-refractivity contribution >= 4 is 11.6 Å². The van der Waals surface area contributed by atoms with Crippen LogP contribution in [0.3, 0.4) is 0 Å². The van der Waals surface area contributed by atoms with Crippen molar-refractivity contribution in [2.24, 2.45) is 0 Å². The lowest BCUT2D eigenvalue weighted by atomic mass is 10.1. The van der Waals surface area contributed by atoms with Gasteiger partial charge in [-0.1, -0.05) is 23.4 Å². The number of carbonyl (C=O) groups excluding carboxylic acids is 1. The first-order valence-electron chi connectivity index (χ1n) is 9.63. The molecule has 2 aliphatic rings. The summed E-state index contributed by atoms with van der Waals surface area (Å²) in [6.07, 6.45) is 2.93. The van der Waals surface area contributed by atoms with Gasteiger partial charge in [0.1, 0.15) is 6.10 Å². The molecular formula is C20H26N4O3. The van der Waals surface area contributed by atoms with Crippen molar-refractivity contribution < 1.29 is 14.1 Å². The van der Waals surface area contributed by atoms with Crippen molar-refractivity contribution in [1.82, 2.24) is 15.0 Å². The molecule has 2 atom stereocenters. The molecule has 7 nitrogen and oxygen atoms in total. The summed E-state index contributed by atoms with van der Waals surface area (Å²) in [5.41, 5.74) is 2.26. The first kappa shape index (κ1) is 18.1. The summed E-state index contributed by atoms with van der Waals surface area (Å²) >= 11 is 0. The molecule has 27 heavy (non-hydrogen) atoms. The quantitative estimate of drug-likeness (QED) is 0.806. The Balaban J connectivity index is 1.48. The number of hydrogen-bond donors (Lipinski definition) is 0. The minimum absolute atomic E-state index is 0.107. The molecule has 7 heteroatoms. The number of rotatable bonds is 5. The zero-order chi connectivity index (χ0) is 18.8. The molecule has 0 bridgehead atoms. The van der Waals surface area contributed by atoms with Gasteiger partial charge in [-0.3, -0.25) is 9.69 Å². The number of para-hydroxylation sites is 1. The molecule has 0 spiro atoms. The third kappa shape index (κ3) is 3.75. The van der Waals surface area contributed by atoms with E-state index in [1.54, 1.807) is 7.11 Å². The Hall–Kier alpha value is -2.25. The van der Waals surface area contributed by atoms with Gasteiger partial charge >= 0.3 is 0 Å². The Kier molecular flexibility index (Phi) is 5.22. The zero-order valence-electron chi connectivity index (χ0n) is 15.9. The van der Waals surface area contributed by atoms with E-state index in [-0.39, 0.29) is 12.0 Å². The second-order valence-electron chi connectivity index (χ2n) is 7.32. The summed E-state index contributed by atoms with van der Waals surface area (Å²) in [6, 6.07) is 8.69. The van der Waals surface area contributed by atoms with Crippen molar-refractivity contribution in [1.29, 1.82) is 0 Å². The monoisotopic (exact) mass is 370 g/mol. The van der Waals surface area contributed by atoms with Crippen molar-refractivity contribution in [3.63, 3.8) is 0 Å². The molecule has 0 saturated carbocycles. The molecule has 1 amide bonds. The minimum atomic E-state index is -0.218. The van der Waals surface area contributed by atoms with Gasteiger partial charge in [0.25, 0.3) is 0 Å². The van der Waals surface area contributed by atoms with Crippen LogP contribution in [0, 0.1) is 0 Å². The van der Waals surface area contributed by atoms with E-state index >= 15 is 0 Å². The zero-order valence-corrected chi connectivity index (χ0v) is 15.9. The van der Waals surface area contributed by atoms with Crippen LogP contribution in [0.15, 0.2) is 28.8 Å². The highest BCUT2D eigenvalue weighted by Gasteiger charge is 2.33. The number of benzene rings is 1. The molecule has 144 valence electrons. The number of amides is 1. The van der Waals surface area contributed by atoms with Crippen LogP contribution in [0.1, 0.15) is 49.6 Å².